The molecule has 0 spiro atoms. The first-order valence-electron chi connectivity index (χ1n) is 2.71. The molecular weight excluding hydrogens is 214 g/mol. The van der Waals surface area contributed by atoms with Gasteiger partial charge in [-0.25, -0.2) is 4.98 Å². The van der Waals surface area contributed by atoms with Gasteiger partial charge in [-0.15, -0.1) is 11.3 Å². The Balaban J connectivity index is 2.67. The van der Waals surface area contributed by atoms with Crippen molar-refractivity contribution in [3.05, 3.63) is 21.1 Å². The van der Waals surface area contributed by atoms with Gasteiger partial charge in [0.25, 0.3) is 0 Å². The lowest BCUT2D eigenvalue weighted by molar-refractivity contribution is 0.343. The minimum absolute atomic E-state index is 0.0646. The van der Waals surface area contributed by atoms with E-state index in [2.05, 4.69) is 20.9 Å². The van der Waals surface area contributed by atoms with E-state index in [4.69, 9.17) is 5.11 Å². The van der Waals surface area contributed by atoms with Crippen molar-refractivity contribution in [2.24, 2.45) is 0 Å². The van der Waals surface area contributed by atoms with E-state index in [-0.39, 0.29) is 6.61 Å². The van der Waals surface area contributed by atoms with Crippen LogP contribution in [0.3, 0.4) is 0 Å². The molecule has 1 N–H and O–H groups in total. The van der Waals surface area contributed by atoms with Crippen LogP contribution >= 0.6 is 27.3 Å². The second-order valence-electron chi connectivity index (χ2n) is 1.61. The Bertz CT molecular complexity index is 233. The zero-order chi connectivity index (χ0) is 7.40. The number of rotatable bonds is 2. The van der Waals surface area contributed by atoms with Crippen molar-refractivity contribution in [2.75, 3.05) is 6.61 Å². The van der Waals surface area contributed by atoms with Gasteiger partial charge in [0, 0.05) is 5.38 Å². The highest BCUT2D eigenvalue weighted by Gasteiger charge is 1.91. The van der Waals surface area contributed by atoms with E-state index in [9.17, 15) is 0 Å². The van der Waals surface area contributed by atoms with Crippen LogP contribution in [-0.2, 0) is 0 Å². The van der Waals surface area contributed by atoms with E-state index >= 15 is 0 Å². The second-order valence-corrected chi connectivity index (χ2v) is 3.74. The van der Waals surface area contributed by atoms with Crippen LogP contribution in [0.2, 0.25) is 0 Å². The van der Waals surface area contributed by atoms with Crippen molar-refractivity contribution in [3.8, 4) is 0 Å². The first-order chi connectivity index (χ1) is 4.83. The molecule has 2 nitrogen and oxygen atoms in total. The Morgan fingerprint density at radius 2 is 2.60 bits per heavy atom. The molecule has 0 fully saturated rings. The molecule has 0 aliphatic heterocycles. The van der Waals surface area contributed by atoms with Gasteiger partial charge in [-0.3, -0.25) is 0 Å². The van der Waals surface area contributed by atoms with Crippen LogP contribution in [0.5, 0.6) is 0 Å². The third-order valence-electron chi connectivity index (χ3n) is 0.888. The molecule has 0 atom stereocenters. The smallest absolute Gasteiger partial charge is 0.159 e. The predicted octanol–water partition coefficient (Wildman–Crippen LogP) is 1.91. The van der Waals surface area contributed by atoms with Crippen LogP contribution in [0, 0.1) is 0 Å². The maximum Gasteiger partial charge on any atom is 0.159 e. The van der Waals surface area contributed by atoms with E-state index in [1.54, 1.807) is 12.2 Å². The molecule has 0 aliphatic carbocycles. The van der Waals surface area contributed by atoms with Gasteiger partial charge < -0.3 is 5.11 Å². The van der Waals surface area contributed by atoms with Crippen LogP contribution in [-0.4, -0.2) is 16.7 Å². The standard InChI is InChI=1S/C6H6BrNOS/c7-6-8-5(4-10-6)2-1-3-9/h1-2,4,9H,3H2/b2-1+. The number of aromatic nitrogens is 1. The van der Waals surface area contributed by atoms with E-state index in [1.165, 1.54) is 11.3 Å². The molecule has 0 saturated carbocycles. The number of halogens is 1. The van der Waals surface area contributed by atoms with Gasteiger partial charge in [-0.1, -0.05) is 6.08 Å². The molecule has 1 heterocycles. The van der Waals surface area contributed by atoms with Crippen LogP contribution in [0.4, 0.5) is 0 Å². The average molecular weight is 220 g/mol. The Hall–Kier alpha value is -0.190. The average Bonchev–Trinajstić information content (AvgIpc) is 2.31. The molecule has 10 heavy (non-hydrogen) atoms. The quantitative estimate of drug-likeness (QED) is 0.825. The van der Waals surface area contributed by atoms with Crippen molar-refractivity contribution < 1.29 is 5.11 Å². The van der Waals surface area contributed by atoms with Crippen LogP contribution in [0.1, 0.15) is 5.69 Å². The predicted molar refractivity (Wildman–Crippen MR) is 45.9 cm³/mol. The molecule has 1 aromatic rings. The number of hydrogen-bond acceptors (Lipinski definition) is 3. The lowest BCUT2D eigenvalue weighted by Crippen LogP contribution is -1.72. The maximum atomic E-state index is 8.41. The normalized spacial score (nSPS) is 11.0. The van der Waals surface area contributed by atoms with Crippen molar-refractivity contribution >= 4 is 33.3 Å². The molecule has 0 aliphatic rings. The van der Waals surface area contributed by atoms with Gasteiger partial charge in [0.15, 0.2) is 3.92 Å². The first-order valence-corrected chi connectivity index (χ1v) is 4.38. The summed E-state index contributed by atoms with van der Waals surface area (Å²) in [5, 5.41) is 10.3. The fraction of sp³-hybridized carbons (Fsp3) is 0.167. The minimum Gasteiger partial charge on any atom is -0.392 e. The molecule has 1 rings (SSSR count). The third-order valence-corrected chi connectivity index (χ3v) is 2.27. The molecule has 4 heteroatoms. The summed E-state index contributed by atoms with van der Waals surface area (Å²) >= 11 is 4.76. The summed E-state index contributed by atoms with van der Waals surface area (Å²) in [4.78, 5) is 4.09. The van der Waals surface area contributed by atoms with Gasteiger partial charge >= 0.3 is 0 Å². The highest BCUT2D eigenvalue weighted by Crippen LogP contribution is 2.16. The van der Waals surface area contributed by atoms with Crippen molar-refractivity contribution in [1.82, 2.24) is 4.98 Å². The lowest BCUT2D eigenvalue weighted by Gasteiger charge is -1.78. The summed E-state index contributed by atoms with van der Waals surface area (Å²) in [6, 6.07) is 0. The fourth-order valence-corrected chi connectivity index (χ4v) is 1.51. The number of aliphatic hydroxyl groups excluding tert-OH is 1. The van der Waals surface area contributed by atoms with E-state index in [0.29, 0.717) is 0 Å². The van der Waals surface area contributed by atoms with Gasteiger partial charge in [-0.05, 0) is 22.0 Å². The van der Waals surface area contributed by atoms with Crippen molar-refractivity contribution in [2.45, 2.75) is 0 Å². The minimum atomic E-state index is 0.0646. The molecule has 1 aromatic heterocycles. The summed E-state index contributed by atoms with van der Waals surface area (Å²) < 4.78 is 0.866. The molecule has 0 unspecified atom stereocenters. The topological polar surface area (TPSA) is 33.1 Å². The molecular formula is C6H6BrNOS. The molecule has 54 valence electrons. The van der Waals surface area contributed by atoms with E-state index in [1.807, 2.05) is 5.38 Å². The summed E-state index contributed by atoms with van der Waals surface area (Å²) in [5.41, 5.74) is 0.880. The molecule has 0 amide bonds. The Morgan fingerprint density at radius 3 is 3.10 bits per heavy atom. The number of aliphatic hydroxyl groups is 1. The SMILES string of the molecule is OC/C=C/c1csc(Br)n1. The number of hydrogen-bond donors (Lipinski definition) is 1. The Labute approximate surface area is 71.4 Å². The second kappa shape index (κ2) is 3.85. The molecule has 0 bridgehead atoms. The number of nitrogens with zero attached hydrogens (tertiary/aromatic N) is 1. The summed E-state index contributed by atoms with van der Waals surface area (Å²) in [6.45, 7) is 0.0646. The van der Waals surface area contributed by atoms with E-state index < -0.39 is 0 Å². The summed E-state index contributed by atoms with van der Waals surface area (Å²) in [7, 11) is 0. The van der Waals surface area contributed by atoms with Crippen molar-refractivity contribution in [1.29, 1.82) is 0 Å². The largest absolute Gasteiger partial charge is 0.392 e. The Kier molecular flexibility index (Phi) is 3.05. The van der Waals surface area contributed by atoms with Gasteiger partial charge in [0.2, 0.25) is 0 Å². The summed E-state index contributed by atoms with van der Waals surface area (Å²) in [6.07, 6.45) is 3.43. The van der Waals surface area contributed by atoms with Crippen LogP contribution in [0.15, 0.2) is 15.4 Å². The zero-order valence-electron chi connectivity index (χ0n) is 5.12. The number of thiazole rings is 1. The highest BCUT2D eigenvalue weighted by atomic mass is 79.9. The molecule has 0 radical (unpaired) electrons. The van der Waals surface area contributed by atoms with Crippen LogP contribution < -0.4 is 0 Å². The molecule has 0 saturated heterocycles. The monoisotopic (exact) mass is 219 g/mol. The van der Waals surface area contributed by atoms with Crippen molar-refractivity contribution in [3.63, 3.8) is 0 Å². The maximum absolute atomic E-state index is 8.41. The zero-order valence-corrected chi connectivity index (χ0v) is 7.52. The van der Waals surface area contributed by atoms with Gasteiger partial charge in [-0.2, -0.15) is 0 Å². The van der Waals surface area contributed by atoms with Crippen LogP contribution in [0.25, 0.3) is 6.08 Å². The highest BCUT2D eigenvalue weighted by molar-refractivity contribution is 9.11. The third kappa shape index (κ3) is 2.21. The molecule has 0 aromatic carbocycles. The first kappa shape index (κ1) is 7.91. The van der Waals surface area contributed by atoms with Gasteiger partial charge in [0.1, 0.15) is 0 Å². The fourth-order valence-electron chi connectivity index (χ4n) is 0.513. The lowest BCUT2D eigenvalue weighted by atomic mass is 10.4. The Morgan fingerprint density at radius 1 is 1.80 bits per heavy atom. The summed E-state index contributed by atoms with van der Waals surface area (Å²) in [5.74, 6) is 0. The van der Waals surface area contributed by atoms with E-state index in [0.717, 1.165) is 9.61 Å². The van der Waals surface area contributed by atoms with Gasteiger partial charge in [0.05, 0.1) is 12.3 Å².